The van der Waals surface area contributed by atoms with Crippen LogP contribution in [-0.4, -0.2) is 29.0 Å². The normalized spacial score (nSPS) is 15.6. The van der Waals surface area contributed by atoms with E-state index >= 15 is 0 Å². The van der Waals surface area contributed by atoms with Crippen LogP contribution in [0.5, 0.6) is 0 Å². The molecule has 0 aromatic rings. The smallest absolute Gasteiger partial charge is 0.240 e. The summed E-state index contributed by atoms with van der Waals surface area (Å²) >= 11 is 1.90. The third kappa shape index (κ3) is 8.75. The maximum atomic E-state index is 11.9. The summed E-state index contributed by atoms with van der Waals surface area (Å²) in [6.07, 6.45) is 2.67. The molecule has 0 fully saturated rings. The third-order valence-corrected chi connectivity index (χ3v) is 3.50. The van der Waals surface area contributed by atoms with Gasteiger partial charge in [-0.05, 0) is 38.2 Å². The summed E-state index contributed by atoms with van der Waals surface area (Å²) in [6, 6.07) is 0.214. The van der Waals surface area contributed by atoms with Crippen LogP contribution in [0.2, 0.25) is 0 Å². The number of hydrogen-bond acceptors (Lipinski definition) is 3. The molecule has 0 heterocycles. The van der Waals surface area contributed by atoms with Crippen molar-refractivity contribution in [2.75, 3.05) is 11.5 Å². The second kappa shape index (κ2) is 10.0. The van der Waals surface area contributed by atoms with E-state index < -0.39 is 5.54 Å². The Labute approximate surface area is 116 Å². The number of halogens is 1. The molecule has 0 spiro atoms. The zero-order valence-electron chi connectivity index (χ0n) is 11.4. The summed E-state index contributed by atoms with van der Waals surface area (Å²) in [7, 11) is 0. The Bertz CT molecular complexity index is 213. The lowest BCUT2D eigenvalue weighted by molar-refractivity contribution is -0.126. The van der Waals surface area contributed by atoms with Crippen LogP contribution < -0.4 is 11.1 Å². The molecule has 0 aromatic heterocycles. The molecule has 2 unspecified atom stereocenters. The topological polar surface area (TPSA) is 55.1 Å². The minimum atomic E-state index is -0.721. The molecule has 0 aromatic carbocycles. The fraction of sp³-hybridized carbons (Fsp3) is 0.917. The quantitative estimate of drug-likeness (QED) is 0.673. The van der Waals surface area contributed by atoms with Gasteiger partial charge in [-0.3, -0.25) is 4.79 Å². The van der Waals surface area contributed by atoms with E-state index in [1.807, 2.05) is 25.6 Å². The predicted octanol–water partition coefficient (Wildman–Crippen LogP) is 2.57. The van der Waals surface area contributed by atoms with Crippen molar-refractivity contribution in [3.8, 4) is 0 Å². The highest BCUT2D eigenvalue weighted by Gasteiger charge is 2.27. The zero-order chi connectivity index (χ0) is 12.6. The Kier molecular flexibility index (Phi) is 11.5. The van der Waals surface area contributed by atoms with Gasteiger partial charge in [-0.25, -0.2) is 0 Å². The molecule has 17 heavy (non-hydrogen) atoms. The van der Waals surface area contributed by atoms with Crippen LogP contribution in [0, 0.1) is 0 Å². The number of nitrogens with one attached hydrogen (secondary N) is 1. The van der Waals surface area contributed by atoms with Crippen molar-refractivity contribution in [1.82, 2.24) is 5.32 Å². The lowest BCUT2D eigenvalue weighted by atomic mass is 9.96. The molecule has 0 saturated heterocycles. The van der Waals surface area contributed by atoms with Crippen LogP contribution in [0.4, 0.5) is 0 Å². The Hall–Kier alpha value is 0.0700. The van der Waals surface area contributed by atoms with Gasteiger partial charge in [-0.15, -0.1) is 12.4 Å². The number of hydrogen-bond donors (Lipinski definition) is 2. The molecular formula is C12H27ClN2OS. The highest BCUT2D eigenvalue weighted by atomic mass is 35.5. The molecule has 3 nitrogen and oxygen atoms in total. The Morgan fingerprint density at radius 2 is 2.06 bits per heavy atom. The van der Waals surface area contributed by atoms with E-state index in [1.165, 1.54) is 0 Å². The van der Waals surface area contributed by atoms with E-state index in [0.29, 0.717) is 0 Å². The summed E-state index contributed by atoms with van der Waals surface area (Å²) in [6.45, 7) is 8.03. The lowest BCUT2D eigenvalue weighted by Gasteiger charge is -2.25. The minimum Gasteiger partial charge on any atom is -0.352 e. The molecule has 0 bridgehead atoms. The van der Waals surface area contributed by atoms with E-state index in [2.05, 4.69) is 12.2 Å². The van der Waals surface area contributed by atoms with Gasteiger partial charge in [0.05, 0.1) is 5.54 Å². The highest BCUT2D eigenvalue weighted by Crippen LogP contribution is 2.10. The van der Waals surface area contributed by atoms with Gasteiger partial charge in [0.15, 0.2) is 0 Å². The summed E-state index contributed by atoms with van der Waals surface area (Å²) in [5.41, 5.74) is 5.24. The first-order valence-corrected chi connectivity index (χ1v) is 7.27. The number of amides is 1. The molecule has 2 atom stereocenters. The number of nitrogens with two attached hydrogens (primary N) is 1. The van der Waals surface area contributed by atoms with Crippen molar-refractivity contribution in [2.24, 2.45) is 5.73 Å². The molecule has 1 amide bonds. The van der Waals surface area contributed by atoms with Crippen LogP contribution in [0.3, 0.4) is 0 Å². The number of carbonyl (C=O) groups is 1. The fourth-order valence-electron chi connectivity index (χ4n) is 1.50. The maximum Gasteiger partial charge on any atom is 0.240 e. The van der Waals surface area contributed by atoms with Crippen LogP contribution >= 0.6 is 24.2 Å². The molecule has 0 aliphatic heterocycles. The van der Waals surface area contributed by atoms with E-state index in [1.54, 1.807) is 6.92 Å². The van der Waals surface area contributed by atoms with Crippen molar-refractivity contribution in [3.05, 3.63) is 0 Å². The van der Waals surface area contributed by atoms with Crippen molar-refractivity contribution in [1.29, 1.82) is 0 Å². The number of rotatable bonds is 8. The third-order valence-electron chi connectivity index (χ3n) is 2.56. The van der Waals surface area contributed by atoms with Gasteiger partial charge in [0.2, 0.25) is 5.91 Å². The van der Waals surface area contributed by atoms with Crippen LogP contribution in [0.25, 0.3) is 0 Å². The molecule has 0 aliphatic carbocycles. The van der Waals surface area contributed by atoms with Gasteiger partial charge in [0.1, 0.15) is 0 Å². The van der Waals surface area contributed by atoms with Crippen LogP contribution in [-0.2, 0) is 4.79 Å². The summed E-state index contributed by atoms with van der Waals surface area (Å²) in [4.78, 5) is 11.9. The van der Waals surface area contributed by atoms with Gasteiger partial charge >= 0.3 is 0 Å². The molecule has 0 aliphatic rings. The lowest BCUT2D eigenvalue weighted by Crippen LogP contribution is -2.53. The van der Waals surface area contributed by atoms with Crippen LogP contribution in [0.1, 0.15) is 47.0 Å². The van der Waals surface area contributed by atoms with E-state index in [0.717, 1.165) is 30.8 Å². The van der Waals surface area contributed by atoms with Crippen molar-refractivity contribution < 1.29 is 4.79 Å². The first-order valence-electron chi connectivity index (χ1n) is 6.11. The van der Waals surface area contributed by atoms with Crippen molar-refractivity contribution >= 4 is 30.1 Å². The predicted molar refractivity (Wildman–Crippen MR) is 80.0 cm³/mol. The van der Waals surface area contributed by atoms with E-state index in [9.17, 15) is 4.79 Å². The molecule has 0 radical (unpaired) electrons. The van der Waals surface area contributed by atoms with Gasteiger partial charge in [-0.2, -0.15) is 11.8 Å². The zero-order valence-corrected chi connectivity index (χ0v) is 13.0. The minimum absolute atomic E-state index is 0. The number of thioether (sulfide) groups is 1. The maximum absolute atomic E-state index is 11.9. The first kappa shape index (κ1) is 19.4. The summed E-state index contributed by atoms with van der Waals surface area (Å²) < 4.78 is 0. The molecule has 0 saturated carbocycles. The summed E-state index contributed by atoms with van der Waals surface area (Å²) in [5.74, 6) is 2.20. The average molecular weight is 283 g/mol. The summed E-state index contributed by atoms with van der Waals surface area (Å²) in [5, 5.41) is 2.99. The van der Waals surface area contributed by atoms with Gasteiger partial charge in [0.25, 0.3) is 0 Å². The van der Waals surface area contributed by atoms with E-state index in [-0.39, 0.29) is 24.4 Å². The standard InChI is InChI=1S/C12H26N2OS.ClH/c1-5-8-12(4,13)11(15)14-10(3)7-9-16-6-2;/h10H,5-9,13H2,1-4H3,(H,14,15);1H. The number of carbonyl (C=O) groups excluding carboxylic acids is 1. The molecule has 104 valence electrons. The van der Waals surface area contributed by atoms with Gasteiger partial charge in [0, 0.05) is 6.04 Å². The Morgan fingerprint density at radius 3 is 2.53 bits per heavy atom. The monoisotopic (exact) mass is 282 g/mol. The van der Waals surface area contributed by atoms with E-state index in [4.69, 9.17) is 5.73 Å². The van der Waals surface area contributed by atoms with Crippen molar-refractivity contribution in [2.45, 2.75) is 58.5 Å². The van der Waals surface area contributed by atoms with Crippen LogP contribution in [0.15, 0.2) is 0 Å². The molecule has 0 rings (SSSR count). The van der Waals surface area contributed by atoms with Gasteiger partial charge < -0.3 is 11.1 Å². The Balaban J connectivity index is 0. The first-order chi connectivity index (χ1) is 7.44. The van der Waals surface area contributed by atoms with Crippen molar-refractivity contribution in [3.63, 3.8) is 0 Å². The molecule has 5 heteroatoms. The molecule has 3 N–H and O–H groups in total. The largest absolute Gasteiger partial charge is 0.352 e. The van der Waals surface area contributed by atoms with Gasteiger partial charge in [-0.1, -0.05) is 20.3 Å². The Morgan fingerprint density at radius 1 is 1.47 bits per heavy atom. The SMILES string of the molecule is CCCC(C)(N)C(=O)NC(C)CCSCC.Cl. The highest BCUT2D eigenvalue weighted by molar-refractivity contribution is 7.99. The molecular weight excluding hydrogens is 256 g/mol. The second-order valence-electron chi connectivity index (χ2n) is 4.53. The second-order valence-corrected chi connectivity index (χ2v) is 5.92. The fourth-order valence-corrected chi connectivity index (χ4v) is 2.31. The average Bonchev–Trinajstić information content (AvgIpc) is 2.17.